The number of hydrogen-bond acceptors (Lipinski definition) is 6. The number of carboxylic acids is 1. The number of carbonyl (C=O) groups is 1. The summed E-state index contributed by atoms with van der Waals surface area (Å²) < 4.78 is 6.02. The number of rotatable bonds is 13. The molecule has 2 aliphatic rings. The number of aryl methyl sites for hydroxylation is 2. The van der Waals surface area contributed by atoms with E-state index in [1.165, 1.54) is 12.0 Å². The van der Waals surface area contributed by atoms with Gasteiger partial charge in [-0.2, -0.15) is 0 Å². The number of aliphatic carboxylic acids is 1. The van der Waals surface area contributed by atoms with Crippen LogP contribution in [0.5, 0.6) is 0 Å². The Labute approximate surface area is 225 Å². The zero-order valence-corrected chi connectivity index (χ0v) is 22.5. The Morgan fingerprint density at radius 2 is 2.14 bits per heavy atom. The number of pyridine rings is 1. The minimum Gasteiger partial charge on any atom is -0.480 e. The van der Waals surface area contributed by atoms with Crippen molar-refractivity contribution in [2.45, 2.75) is 70.4 Å². The van der Waals surface area contributed by atoms with Crippen molar-refractivity contribution in [3.63, 3.8) is 0 Å². The van der Waals surface area contributed by atoms with Gasteiger partial charge in [-0.15, -0.1) is 0 Å². The number of allylic oxidation sites excluding steroid dienone is 1. The molecule has 4 rings (SSSR count). The zero-order chi connectivity index (χ0) is 26.2. The number of fused-ring (bicyclic) bond motifs is 1. The molecular weight excluding hydrogens is 488 g/mol. The molecule has 2 aromatic rings. The second-order valence-electron chi connectivity index (χ2n) is 9.99. The average molecular weight is 527 g/mol. The summed E-state index contributed by atoms with van der Waals surface area (Å²) in [5, 5.41) is 13.9. The molecule has 1 unspecified atom stereocenters. The molecule has 200 valence electrons. The third-order valence-electron chi connectivity index (χ3n) is 7.16. The number of aromatic nitrogens is 1. The van der Waals surface area contributed by atoms with Crippen LogP contribution in [0, 0.1) is 0 Å². The molecule has 0 bridgehead atoms. The quantitative estimate of drug-likeness (QED) is 0.229. The van der Waals surface area contributed by atoms with E-state index in [0.717, 1.165) is 63.0 Å². The maximum atomic E-state index is 12.2. The van der Waals surface area contributed by atoms with Gasteiger partial charge in [0, 0.05) is 53.8 Å². The summed E-state index contributed by atoms with van der Waals surface area (Å²) in [5.74, 6) is 0.146. The number of hydrogen-bond donors (Lipinski definition) is 3. The highest BCUT2D eigenvalue weighted by molar-refractivity contribution is 6.49. The second-order valence-corrected chi connectivity index (χ2v) is 10.4. The van der Waals surface area contributed by atoms with Crippen molar-refractivity contribution < 1.29 is 14.6 Å². The summed E-state index contributed by atoms with van der Waals surface area (Å²) in [6.07, 6.45) is 10.2. The van der Waals surface area contributed by atoms with Gasteiger partial charge in [0.05, 0.1) is 6.10 Å². The van der Waals surface area contributed by atoms with Crippen LogP contribution in [0.4, 0.5) is 11.5 Å². The number of para-hydroxylation sites is 1. The number of nitrogens with zero attached hydrogens (tertiary/aromatic N) is 2. The van der Waals surface area contributed by atoms with Crippen LogP contribution in [-0.2, 0) is 22.4 Å². The minimum atomic E-state index is -0.915. The normalized spacial score (nSPS) is 17.1. The summed E-state index contributed by atoms with van der Waals surface area (Å²) in [7, 11) is 0. The number of unbranched alkanes of at least 4 members (excludes halogenated alkanes) is 3. The van der Waals surface area contributed by atoms with Crippen LogP contribution in [0.1, 0.15) is 73.9 Å². The highest BCUT2D eigenvalue weighted by Gasteiger charge is 2.38. The Morgan fingerprint density at radius 1 is 1.30 bits per heavy atom. The molecular formula is C29H39ClN4O3. The largest absolute Gasteiger partial charge is 0.480 e. The topological polar surface area (TPSA) is 101 Å². The molecule has 8 heteroatoms. The number of benzene rings is 1. The summed E-state index contributed by atoms with van der Waals surface area (Å²) in [6.45, 7) is 4.93. The number of ether oxygens (including phenoxy) is 1. The van der Waals surface area contributed by atoms with Gasteiger partial charge in [0.1, 0.15) is 11.9 Å². The highest BCUT2D eigenvalue weighted by atomic mass is 35.5. The van der Waals surface area contributed by atoms with Gasteiger partial charge >= 0.3 is 5.97 Å². The molecule has 1 atom stereocenters. The van der Waals surface area contributed by atoms with E-state index < -0.39 is 12.0 Å². The smallest absolute Gasteiger partial charge is 0.325 e. The summed E-state index contributed by atoms with van der Waals surface area (Å²) in [6, 6.07) is 9.00. The molecule has 0 aliphatic carbocycles. The molecule has 0 amide bonds. The maximum absolute atomic E-state index is 12.2. The van der Waals surface area contributed by atoms with E-state index in [1.54, 1.807) is 6.07 Å². The Kier molecular flexibility index (Phi) is 9.83. The summed E-state index contributed by atoms with van der Waals surface area (Å²) >= 11 is 6.45. The Balaban J connectivity index is 1.20. The van der Waals surface area contributed by atoms with Crippen molar-refractivity contribution in [1.29, 1.82) is 0 Å². The van der Waals surface area contributed by atoms with Crippen molar-refractivity contribution in [1.82, 2.24) is 9.88 Å². The van der Waals surface area contributed by atoms with E-state index in [1.807, 2.05) is 23.1 Å². The summed E-state index contributed by atoms with van der Waals surface area (Å²) in [5.41, 5.74) is 10.6. The zero-order valence-electron chi connectivity index (χ0n) is 21.7. The first-order valence-electron chi connectivity index (χ1n) is 13.5. The lowest BCUT2D eigenvalue weighted by atomic mass is 9.96. The van der Waals surface area contributed by atoms with Crippen molar-refractivity contribution in [3.8, 4) is 0 Å². The van der Waals surface area contributed by atoms with E-state index in [0.29, 0.717) is 41.5 Å². The standard InChI is InChI=1S/C29H39ClN4O3/c1-2-3-13-25(30)23-11-7-12-24(26(23)31)27(29(35)36)34-18-22(19-34)37-17-6-4-5-10-21-15-14-20-9-8-16-32-28(20)33-21/h7,11-15,22,27H,2-6,8-10,16-19,31H2,1H3,(H,32,33)(H,35,36)/b25-13+. The Morgan fingerprint density at radius 3 is 2.92 bits per heavy atom. The number of carboxylic acid groups (broad SMARTS) is 1. The van der Waals surface area contributed by atoms with Crippen LogP contribution in [0.2, 0.25) is 0 Å². The predicted molar refractivity (Wildman–Crippen MR) is 150 cm³/mol. The molecule has 4 N–H and O–H groups in total. The number of nitrogens with two attached hydrogens (primary N) is 1. The number of anilines is 2. The lowest BCUT2D eigenvalue weighted by Crippen LogP contribution is -2.55. The van der Waals surface area contributed by atoms with Crippen LogP contribution in [-0.4, -0.2) is 53.3 Å². The average Bonchev–Trinajstić information content (AvgIpc) is 2.87. The fourth-order valence-corrected chi connectivity index (χ4v) is 5.30. The van der Waals surface area contributed by atoms with Crippen LogP contribution < -0.4 is 11.1 Å². The molecule has 0 radical (unpaired) electrons. The Hall–Kier alpha value is -2.61. The molecule has 0 spiro atoms. The van der Waals surface area contributed by atoms with E-state index in [9.17, 15) is 9.90 Å². The van der Waals surface area contributed by atoms with Crippen molar-refractivity contribution >= 4 is 34.1 Å². The lowest BCUT2D eigenvalue weighted by molar-refractivity contribution is -0.150. The predicted octanol–water partition coefficient (Wildman–Crippen LogP) is 5.64. The molecule has 7 nitrogen and oxygen atoms in total. The number of nitrogens with one attached hydrogen (secondary N) is 1. The van der Waals surface area contributed by atoms with Crippen LogP contribution in [0.3, 0.4) is 0 Å². The van der Waals surface area contributed by atoms with Gasteiger partial charge < -0.3 is 20.9 Å². The van der Waals surface area contributed by atoms with E-state index in [-0.39, 0.29) is 6.10 Å². The van der Waals surface area contributed by atoms with Crippen LogP contribution in [0.15, 0.2) is 36.4 Å². The first kappa shape index (κ1) is 27.4. The van der Waals surface area contributed by atoms with Gasteiger partial charge in [0.15, 0.2) is 0 Å². The number of nitrogen functional groups attached to an aromatic ring is 1. The van der Waals surface area contributed by atoms with E-state index >= 15 is 0 Å². The number of likely N-dealkylation sites (tertiary alicyclic amines) is 1. The van der Waals surface area contributed by atoms with Gasteiger partial charge in [-0.1, -0.05) is 61.7 Å². The molecule has 1 aromatic carbocycles. The molecule has 37 heavy (non-hydrogen) atoms. The monoisotopic (exact) mass is 526 g/mol. The third kappa shape index (κ3) is 7.03. The fraction of sp³-hybridized carbons (Fsp3) is 0.517. The first-order chi connectivity index (χ1) is 18.0. The van der Waals surface area contributed by atoms with Crippen molar-refractivity contribution in [2.75, 3.05) is 37.3 Å². The SMILES string of the molecule is CCC/C=C(/Cl)c1cccc(C(C(=O)O)N2CC(OCCCCCc3ccc4c(n3)NCCC4)C2)c1N. The third-order valence-corrected chi connectivity index (χ3v) is 7.52. The van der Waals surface area contributed by atoms with Gasteiger partial charge in [-0.05, 0) is 50.2 Å². The molecule has 1 saturated heterocycles. The van der Waals surface area contributed by atoms with Crippen molar-refractivity contribution in [2.24, 2.45) is 0 Å². The lowest BCUT2D eigenvalue weighted by Gasteiger charge is -2.42. The van der Waals surface area contributed by atoms with Gasteiger partial charge in [-0.25, -0.2) is 4.98 Å². The van der Waals surface area contributed by atoms with E-state index in [2.05, 4.69) is 24.4 Å². The van der Waals surface area contributed by atoms with Gasteiger partial charge in [0.25, 0.3) is 0 Å². The van der Waals surface area contributed by atoms with Crippen molar-refractivity contribution in [3.05, 3.63) is 58.8 Å². The fourth-order valence-electron chi connectivity index (χ4n) is 5.03. The molecule has 1 fully saturated rings. The molecule has 2 aliphatic heterocycles. The maximum Gasteiger partial charge on any atom is 0.325 e. The number of halogens is 1. The second kappa shape index (κ2) is 13.3. The first-order valence-corrected chi connectivity index (χ1v) is 13.9. The molecule has 0 saturated carbocycles. The van der Waals surface area contributed by atoms with Crippen LogP contribution >= 0.6 is 11.6 Å². The summed E-state index contributed by atoms with van der Waals surface area (Å²) in [4.78, 5) is 18.8. The minimum absolute atomic E-state index is 0.0488. The molecule has 3 heterocycles. The van der Waals surface area contributed by atoms with Gasteiger partial charge in [-0.3, -0.25) is 9.69 Å². The highest BCUT2D eigenvalue weighted by Crippen LogP contribution is 2.36. The molecule has 1 aromatic heterocycles. The Bertz CT molecular complexity index is 1100. The van der Waals surface area contributed by atoms with E-state index in [4.69, 9.17) is 27.1 Å². The van der Waals surface area contributed by atoms with Crippen LogP contribution in [0.25, 0.3) is 5.03 Å². The van der Waals surface area contributed by atoms with Gasteiger partial charge in [0.2, 0.25) is 0 Å².